The molecular weight excluding hydrogens is 236 g/mol. The standard InChI is InChI=1S/C16H16N2O/c17-16(19)15-4-2-1-3-14(15)12-5-6-13-10-18-8-7-11(13)9-12/h1-6,9,18H,7-8,10H2,(H2,17,19). The van der Waals surface area contributed by atoms with Crippen LogP contribution >= 0.6 is 0 Å². The number of carbonyl (C=O) groups excluding carboxylic acids is 1. The van der Waals surface area contributed by atoms with Crippen LogP contribution < -0.4 is 11.1 Å². The molecule has 1 aliphatic heterocycles. The molecule has 0 spiro atoms. The lowest BCUT2D eigenvalue weighted by Crippen LogP contribution is -2.23. The first kappa shape index (κ1) is 11.9. The number of benzene rings is 2. The summed E-state index contributed by atoms with van der Waals surface area (Å²) >= 11 is 0. The normalized spacial score (nSPS) is 13.9. The number of primary amides is 1. The van der Waals surface area contributed by atoms with Gasteiger partial charge in [-0.05, 0) is 41.3 Å². The number of rotatable bonds is 2. The van der Waals surface area contributed by atoms with E-state index in [-0.39, 0.29) is 5.91 Å². The second-order valence-corrected chi connectivity index (χ2v) is 4.82. The van der Waals surface area contributed by atoms with Gasteiger partial charge in [0, 0.05) is 12.1 Å². The van der Waals surface area contributed by atoms with Crippen molar-refractivity contribution < 1.29 is 4.79 Å². The van der Waals surface area contributed by atoms with E-state index in [2.05, 4.69) is 23.5 Å². The predicted octanol–water partition coefficient (Wildman–Crippen LogP) is 2.10. The maximum absolute atomic E-state index is 11.5. The van der Waals surface area contributed by atoms with Crippen molar-refractivity contribution in [1.29, 1.82) is 0 Å². The van der Waals surface area contributed by atoms with E-state index in [0.717, 1.165) is 30.6 Å². The maximum Gasteiger partial charge on any atom is 0.249 e. The lowest BCUT2D eigenvalue weighted by atomic mass is 9.93. The topological polar surface area (TPSA) is 55.1 Å². The average molecular weight is 252 g/mol. The zero-order chi connectivity index (χ0) is 13.2. The molecule has 2 aromatic carbocycles. The predicted molar refractivity (Wildman–Crippen MR) is 75.8 cm³/mol. The zero-order valence-electron chi connectivity index (χ0n) is 10.6. The highest BCUT2D eigenvalue weighted by molar-refractivity contribution is 5.99. The fraction of sp³-hybridized carbons (Fsp3) is 0.188. The molecule has 1 heterocycles. The monoisotopic (exact) mass is 252 g/mol. The summed E-state index contributed by atoms with van der Waals surface area (Å²) < 4.78 is 0. The molecule has 0 aromatic heterocycles. The fourth-order valence-corrected chi connectivity index (χ4v) is 2.59. The maximum atomic E-state index is 11.5. The average Bonchev–Trinajstić information content (AvgIpc) is 2.46. The first-order valence-electron chi connectivity index (χ1n) is 6.47. The Kier molecular flexibility index (Phi) is 3.05. The second kappa shape index (κ2) is 4.86. The van der Waals surface area contributed by atoms with Crippen LogP contribution in [0.2, 0.25) is 0 Å². The molecule has 0 fully saturated rings. The Morgan fingerprint density at radius 3 is 2.79 bits per heavy atom. The Bertz CT molecular complexity index is 634. The van der Waals surface area contributed by atoms with Gasteiger partial charge >= 0.3 is 0 Å². The van der Waals surface area contributed by atoms with Crippen molar-refractivity contribution in [2.24, 2.45) is 5.73 Å². The number of nitrogens with two attached hydrogens (primary N) is 1. The first-order valence-corrected chi connectivity index (χ1v) is 6.47. The van der Waals surface area contributed by atoms with E-state index in [0.29, 0.717) is 5.56 Å². The molecular formula is C16H16N2O. The van der Waals surface area contributed by atoms with E-state index in [1.807, 2.05) is 18.2 Å². The molecule has 0 unspecified atom stereocenters. The van der Waals surface area contributed by atoms with Crippen molar-refractivity contribution in [2.45, 2.75) is 13.0 Å². The summed E-state index contributed by atoms with van der Waals surface area (Å²) in [6.07, 6.45) is 1.03. The molecule has 0 saturated carbocycles. The number of nitrogens with one attached hydrogen (secondary N) is 1. The van der Waals surface area contributed by atoms with Crippen molar-refractivity contribution >= 4 is 5.91 Å². The minimum absolute atomic E-state index is 0.380. The Labute approximate surface area is 112 Å². The molecule has 96 valence electrons. The SMILES string of the molecule is NC(=O)c1ccccc1-c1ccc2c(c1)CCNC2. The van der Waals surface area contributed by atoms with Crippen molar-refractivity contribution in [2.75, 3.05) is 6.54 Å². The van der Waals surface area contributed by atoms with Gasteiger partial charge in [-0.25, -0.2) is 0 Å². The number of hydrogen-bond donors (Lipinski definition) is 2. The molecule has 0 radical (unpaired) electrons. The van der Waals surface area contributed by atoms with Gasteiger partial charge in [-0.15, -0.1) is 0 Å². The van der Waals surface area contributed by atoms with Crippen LogP contribution in [0, 0.1) is 0 Å². The third-order valence-electron chi connectivity index (χ3n) is 3.60. The molecule has 3 rings (SSSR count). The van der Waals surface area contributed by atoms with E-state index in [1.165, 1.54) is 11.1 Å². The molecule has 1 aliphatic rings. The zero-order valence-corrected chi connectivity index (χ0v) is 10.6. The van der Waals surface area contributed by atoms with Gasteiger partial charge in [-0.3, -0.25) is 4.79 Å². The summed E-state index contributed by atoms with van der Waals surface area (Å²) in [4.78, 5) is 11.5. The summed E-state index contributed by atoms with van der Waals surface area (Å²) in [6.45, 7) is 1.93. The highest BCUT2D eigenvalue weighted by Crippen LogP contribution is 2.27. The van der Waals surface area contributed by atoms with Crippen LogP contribution in [0.1, 0.15) is 21.5 Å². The minimum atomic E-state index is -0.380. The van der Waals surface area contributed by atoms with Gasteiger partial charge in [-0.2, -0.15) is 0 Å². The van der Waals surface area contributed by atoms with E-state index < -0.39 is 0 Å². The highest BCUT2D eigenvalue weighted by Gasteiger charge is 2.13. The van der Waals surface area contributed by atoms with Crippen LogP contribution in [0.3, 0.4) is 0 Å². The van der Waals surface area contributed by atoms with E-state index in [1.54, 1.807) is 6.07 Å². The van der Waals surface area contributed by atoms with E-state index >= 15 is 0 Å². The molecule has 0 atom stereocenters. The highest BCUT2D eigenvalue weighted by atomic mass is 16.1. The van der Waals surface area contributed by atoms with Crippen molar-refractivity contribution in [1.82, 2.24) is 5.32 Å². The summed E-state index contributed by atoms with van der Waals surface area (Å²) in [5, 5.41) is 3.36. The quantitative estimate of drug-likeness (QED) is 0.860. The van der Waals surface area contributed by atoms with E-state index in [4.69, 9.17) is 5.73 Å². The Balaban J connectivity index is 2.10. The molecule has 0 saturated heterocycles. The van der Waals surface area contributed by atoms with Crippen LogP contribution in [-0.4, -0.2) is 12.5 Å². The van der Waals surface area contributed by atoms with E-state index in [9.17, 15) is 4.79 Å². The first-order chi connectivity index (χ1) is 9.25. The van der Waals surface area contributed by atoms with Gasteiger partial charge in [0.25, 0.3) is 0 Å². The van der Waals surface area contributed by atoms with Gasteiger partial charge < -0.3 is 11.1 Å². The molecule has 0 aliphatic carbocycles. The largest absolute Gasteiger partial charge is 0.366 e. The third-order valence-corrected chi connectivity index (χ3v) is 3.60. The molecule has 3 heteroatoms. The van der Waals surface area contributed by atoms with Crippen LogP contribution in [0.5, 0.6) is 0 Å². The number of fused-ring (bicyclic) bond motifs is 1. The molecule has 3 N–H and O–H groups in total. The van der Waals surface area contributed by atoms with Crippen LogP contribution in [0.15, 0.2) is 42.5 Å². The van der Waals surface area contributed by atoms with Gasteiger partial charge in [0.2, 0.25) is 5.91 Å². The molecule has 3 nitrogen and oxygen atoms in total. The molecule has 19 heavy (non-hydrogen) atoms. The molecule has 2 aromatic rings. The Morgan fingerprint density at radius 1 is 1.11 bits per heavy atom. The smallest absolute Gasteiger partial charge is 0.249 e. The van der Waals surface area contributed by atoms with Gasteiger partial charge in [0.05, 0.1) is 0 Å². The summed E-state index contributed by atoms with van der Waals surface area (Å²) in [5.41, 5.74) is 10.7. The lowest BCUT2D eigenvalue weighted by molar-refractivity contribution is 0.100. The minimum Gasteiger partial charge on any atom is -0.366 e. The van der Waals surface area contributed by atoms with Gasteiger partial charge in [0.1, 0.15) is 0 Å². The van der Waals surface area contributed by atoms with Crippen molar-refractivity contribution in [3.8, 4) is 11.1 Å². The van der Waals surface area contributed by atoms with Crippen LogP contribution in [0.25, 0.3) is 11.1 Å². The molecule has 0 bridgehead atoms. The lowest BCUT2D eigenvalue weighted by Gasteiger charge is -2.18. The Hall–Kier alpha value is -2.13. The van der Waals surface area contributed by atoms with Crippen LogP contribution in [-0.2, 0) is 13.0 Å². The number of carbonyl (C=O) groups is 1. The summed E-state index contributed by atoms with van der Waals surface area (Å²) in [5.74, 6) is -0.380. The Morgan fingerprint density at radius 2 is 1.95 bits per heavy atom. The second-order valence-electron chi connectivity index (χ2n) is 4.82. The van der Waals surface area contributed by atoms with Crippen LogP contribution in [0.4, 0.5) is 0 Å². The van der Waals surface area contributed by atoms with Gasteiger partial charge in [0.15, 0.2) is 0 Å². The van der Waals surface area contributed by atoms with Gasteiger partial charge in [-0.1, -0.05) is 36.4 Å². The molecule has 1 amide bonds. The summed E-state index contributed by atoms with van der Waals surface area (Å²) in [7, 11) is 0. The third kappa shape index (κ3) is 2.25. The fourth-order valence-electron chi connectivity index (χ4n) is 2.59. The van der Waals surface area contributed by atoms with Crippen molar-refractivity contribution in [3.05, 3.63) is 59.2 Å². The van der Waals surface area contributed by atoms with Crippen molar-refractivity contribution in [3.63, 3.8) is 0 Å². The number of amides is 1. The number of hydrogen-bond acceptors (Lipinski definition) is 2. The summed E-state index contributed by atoms with van der Waals surface area (Å²) in [6, 6.07) is 13.9.